The minimum atomic E-state index is 0.217. The smallest absolute Gasteiger partial charge is 0.258 e. The minimum Gasteiger partial charge on any atom is -0.508 e. The molecule has 0 amide bonds. The Balaban J connectivity index is 1.84. The Morgan fingerprint density at radius 3 is 2.90 bits per heavy atom. The molecule has 100 valence electrons. The zero-order chi connectivity index (χ0) is 13.9. The van der Waals surface area contributed by atoms with Gasteiger partial charge in [0.2, 0.25) is 0 Å². The molecular weight excluding hydrogens is 254 g/mol. The van der Waals surface area contributed by atoms with E-state index in [1.165, 1.54) is 0 Å². The van der Waals surface area contributed by atoms with E-state index in [9.17, 15) is 5.11 Å². The van der Waals surface area contributed by atoms with Crippen molar-refractivity contribution in [3.05, 3.63) is 59.7 Å². The quantitative estimate of drug-likeness (QED) is 0.790. The molecule has 0 aliphatic rings. The molecule has 20 heavy (non-hydrogen) atoms. The molecule has 0 aliphatic carbocycles. The summed E-state index contributed by atoms with van der Waals surface area (Å²) in [7, 11) is 0. The number of aromatic hydroxyl groups is 1. The number of hydrogen-bond donors (Lipinski definition) is 1. The number of pyridine rings is 1. The third-order valence-corrected chi connectivity index (χ3v) is 3.01. The van der Waals surface area contributed by atoms with Gasteiger partial charge in [-0.1, -0.05) is 17.3 Å². The third-order valence-electron chi connectivity index (χ3n) is 3.01. The van der Waals surface area contributed by atoms with Crippen molar-refractivity contribution in [1.29, 1.82) is 0 Å². The van der Waals surface area contributed by atoms with Gasteiger partial charge in [0.05, 0.1) is 0 Å². The van der Waals surface area contributed by atoms with E-state index in [0.717, 1.165) is 11.1 Å². The number of benzene rings is 1. The molecular formula is C15H13N3O2. The van der Waals surface area contributed by atoms with Crippen LogP contribution in [0.5, 0.6) is 5.75 Å². The van der Waals surface area contributed by atoms with Crippen LogP contribution < -0.4 is 0 Å². The predicted octanol–water partition coefficient (Wildman–Crippen LogP) is 2.74. The second-order valence-corrected chi connectivity index (χ2v) is 4.56. The number of aryl methyl sites for hydroxylation is 1. The highest BCUT2D eigenvalue weighted by Gasteiger charge is 2.10. The second-order valence-electron chi connectivity index (χ2n) is 4.56. The van der Waals surface area contributed by atoms with Crippen LogP contribution >= 0.6 is 0 Å². The Morgan fingerprint density at radius 2 is 2.15 bits per heavy atom. The molecule has 5 nitrogen and oxygen atoms in total. The van der Waals surface area contributed by atoms with E-state index < -0.39 is 0 Å². The summed E-state index contributed by atoms with van der Waals surface area (Å²) < 4.78 is 5.23. The monoisotopic (exact) mass is 267 g/mol. The first-order valence-electron chi connectivity index (χ1n) is 6.24. The molecule has 0 aliphatic heterocycles. The number of aromatic nitrogens is 3. The molecule has 0 bridgehead atoms. The summed E-state index contributed by atoms with van der Waals surface area (Å²) in [6.45, 7) is 1.83. The highest BCUT2D eigenvalue weighted by Crippen LogP contribution is 2.25. The summed E-state index contributed by atoms with van der Waals surface area (Å²) in [6, 6.07) is 9.11. The molecule has 5 heteroatoms. The summed E-state index contributed by atoms with van der Waals surface area (Å²) in [4.78, 5) is 8.38. The van der Waals surface area contributed by atoms with Crippen molar-refractivity contribution >= 4 is 0 Å². The molecule has 0 saturated heterocycles. The van der Waals surface area contributed by atoms with Crippen LogP contribution in [0.25, 0.3) is 11.5 Å². The Kier molecular flexibility index (Phi) is 3.16. The SMILES string of the molecule is Cc1ccc(-c2nc(Cc3cccnc3)no2)cc1O. The van der Waals surface area contributed by atoms with Gasteiger partial charge in [-0.05, 0) is 36.2 Å². The molecule has 0 unspecified atom stereocenters. The van der Waals surface area contributed by atoms with Crippen LogP contribution in [0.3, 0.4) is 0 Å². The van der Waals surface area contributed by atoms with Crippen molar-refractivity contribution in [3.63, 3.8) is 0 Å². The largest absolute Gasteiger partial charge is 0.508 e. The van der Waals surface area contributed by atoms with Crippen LogP contribution in [0.4, 0.5) is 0 Å². The summed E-state index contributed by atoms with van der Waals surface area (Å²) in [6.07, 6.45) is 4.06. The van der Waals surface area contributed by atoms with Gasteiger partial charge in [0.1, 0.15) is 5.75 Å². The topological polar surface area (TPSA) is 72.0 Å². The lowest BCUT2D eigenvalue weighted by Gasteiger charge is -1.99. The van der Waals surface area contributed by atoms with E-state index in [1.807, 2.05) is 31.2 Å². The van der Waals surface area contributed by atoms with Crippen LogP contribution in [-0.4, -0.2) is 20.2 Å². The van der Waals surface area contributed by atoms with Gasteiger partial charge in [-0.25, -0.2) is 0 Å². The van der Waals surface area contributed by atoms with Crippen molar-refractivity contribution in [1.82, 2.24) is 15.1 Å². The van der Waals surface area contributed by atoms with Crippen molar-refractivity contribution in [2.45, 2.75) is 13.3 Å². The lowest BCUT2D eigenvalue weighted by molar-refractivity contribution is 0.423. The zero-order valence-corrected chi connectivity index (χ0v) is 10.9. The zero-order valence-electron chi connectivity index (χ0n) is 10.9. The van der Waals surface area contributed by atoms with E-state index in [0.29, 0.717) is 23.7 Å². The fourth-order valence-electron chi connectivity index (χ4n) is 1.87. The lowest BCUT2D eigenvalue weighted by Crippen LogP contribution is -1.91. The van der Waals surface area contributed by atoms with Crippen LogP contribution in [0.2, 0.25) is 0 Å². The average molecular weight is 267 g/mol. The van der Waals surface area contributed by atoms with Gasteiger partial charge in [-0.15, -0.1) is 0 Å². The standard InChI is InChI=1S/C15H13N3O2/c1-10-4-5-12(8-13(10)19)15-17-14(18-20-15)7-11-3-2-6-16-9-11/h2-6,8-9,19H,7H2,1H3. The van der Waals surface area contributed by atoms with Crippen LogP contribution in [0.1, 0.15) is 17.0 Å². The number of nitrogens with zero attached hydrogens (tertiary/aromatic N) is 3. The predicted molar refractivity (Wildman–Crippen MR) is 73.2 cm³/mol. The van der Waals surface area contributed by atoms with E-state index in [4.69, 9.17) is 4.52 Å². The molecule has 3 rings (SSSR count). The molecule has 0 radical (unpaired) electrons. The number of hydrogen-bond acceptors (Lipinski definition) is 5. The average Bonchev–Trinajstić information content (AvgIpc) is 2.91. The number of phenolic OH excluding ortho intramolecular Hbond substituents is 1. The highest BCUT2D eigenvalue weighted by atomic mass is 16.5. The van der Waals surface area contributed by atoms with Gasteiger partial charge in [-0.3, -0.25) is 4.98 Å². The third kappa shape index (κ3) is 2.51. The molecule has 2 heterocycles. The normalized spacial score (nSPS) is 10.7. The molecule has 1 aromatic carbocycles. The summed E-state index contributed by atoms with van der Waals surface area (Å²) in [5.74, 6) is 1.21. The van der Waals surface area contributed by atoms with Gasteiger partial charge < -0.3 is 9.63 Å². The molecule has 1 N–H and O–H groups in total. The maximum atomic E-state index is 9.71. The molecule has 0 saturated carbocycles. The Morgan fingerprint density at radius 1 is 1.25 bits per heavy atom. The van der Waals surface area contributed by atoms with Crippen LogP contribution in [-0.2, 0) is 6.42 Å². The molecule has 3 aromatic rings. The first-order valence-corrected chi connectivity index (χ1v) is 6.24. The van der Waals surface area contributed by atoms with Gasteiger partial charge in [0.25, 0.3) is 5.89 Å². The maximum absolute atomic E-state index is 9.71. The minimum absolute atomic E-state index is 0.217. The number of phenols is 1. The maximum Gasteiger partial charge on any atom is 0.258 e. The first-order chi connectivity index (χ1) is 9.72. The Hall–Kier alpha value is -2.69. The van der Waals surface area contributed by atoms with Gasteiger partial charge in [0, 0.05) is 24.4 Å². The fraction of sp³-hybridized carbons (Fsp3) is 0.133. The van der Waals surface area contributed by atoms with Crippen molar-refractivity contribution in [3.8, 4) is 17.2 Å². The van der Waals surface area contributed by atoms with Crippen molar-refractivity contribution in [2.75, 3.05) is 0 Å². The Bertz CT molecular complexity index is 723. The van der Waals surface area contributed by atoms with E-state index in [-0.39, 0.29) is 5.75 Å². The fourth-order valence-corrected chi connectivity index (χ4v) is 1.87. The highest BCUT2D eigenvalue weighted by molar-refractivity contribution is 5.57. The van der Waals surface area contributed by atoms with E-state index >= 15 is 0 Å². The summed E-state index contributed by atoms with van der Waals surface area (Å²) in [5, 5.41) is 13.6. The van der Waals surface area contributed by atoms with Crippen molar-refractivity contribution < 1.29 is 9.63 Å². The van der Waals surface area contributed by atoms with Gasteiger partial charge in [0.15, 0.2) is 5.82 Å². The molecule has 0 fully saturated rings. The van der Waals surface area contributed by atoms with Gasteiger partial charge in [-0.2, -0.15) is 4.98 Å². The van der Waals surface area contributed by atoms with Gasteiger partial charge >= 0.3 is 0 Å². The summed E-state index contributed by atoms with van der Waals surface area (Å²) in [5.41, 5.74) is 2.54. The van der Waals surface area contributed by atoms with E-state index in [2.05, 4.69) is 15.1 Å². The molecule has 2 aromatic heterocycles. The molecule has 0 spiro atoms. The van der Waals surface area contributed by atoms with Crippen LogP contribution in [0, 0.1) is 6.92 Å². The second kappa shape index (κ2) is 5.13. The lowest BCUT2D eigenvalue weighted by atomic mass is 10.1. The summed E-state index contributed by atoms with van der Waals surface area (Å²) >= 11 is 0. The van der Waals surface area contributed by atoms with Crippen molar-refractivity contribution in [2.24, 2.45) is 0 Å². The van der Waals surface area contributed by atoms with Crippen LogP contribution in [0.15, 0.2) is 47.2 Å². The first kappa shape index (κ1) is 12.3. The number of rotatable bonds is 3. The molecule has 0 atom stereocenters. The van der Waals surface area contributed by atoms with E-state index in [1.54, 1.807) is 18.5 Å². The Labute approximate surface area is 115 Å².